The largest absolute Gasteiger partial charge is 0.489 e. The van der Waals surface area contributed by atoms with Gasteiger partial charge in [0, 0.05) is 22.8 Å². The minimum Gasteiger partial charge on any atom is -0.489 e. The number of hydrogen-bond donors (Lipinski definition) is 1. The lowest BCUT2D eigenvalue weighted by molar-refractivity contribution is 0.299. The van der Waals surface area contributed by atoms with Crippen LogP contribution in [0.5, 0.6) is 5.75 Å². The van der Waals surface area contributed by atoms with Crippen molar-refractivity contribution < 1.29 is 9.13 Å². The number of aryl methyl sites for hydroxylation is 1. The molecular formula is C21H18Cl2FNO. The van der Waals surface area contributed by atoms with Gasteiger partial charge < -0.3 is 10.1 Å². The summed E-state index contributed by atoms with van der Waals surface area (Å²) in [5, 5.41) is 4.42. The van der Waals surface area contributed by atoms with E-state index in [1.54, 1.807) is 12.1 Å². The van der Waals surface area contributed by atoms with Crippen LogP contribution in [0.4, 0.5) is 10.1 Å². The van der Waals surface area contributed by atoms with E-state index in [1.807, 2.05) is 49.4 Å². The molecule has 2 nitrogen and oxygen atoms in total. The molecule has 0 aromatic heterocycles. The van der Waals surface area contributed by atoms with Gasteiger partial charge in [-0.05, 0) is 54.4 Å². The summed E-state index contributed by atoms with van der Waals surface area (Å²) >= 11 is 12.2. The first-order chi connectivity index (χ1) is 12.5. The molecule has 0 bridgehead atoms. The van der Waals surface area contributed by atoms with Crippen molar-refractivity contribution in [3.63, 3.8) is 0 Å². The van der Waals surface area contributed by atoms with Crippen molar-refractivity contribution in [3.8, 4) is 5.75 Å². The molecule has 0 heterocycles. The van der Waals surface area contributed by atoms with Gasteiger partial charge in [0.05, 0.1) is 5.02 Å². The standard InChI is InChI=1S/C21H18Cl2FNO/c1-14-8-9-16(11-20(14)23)25-12-15-4-2-5-17(10-15)26-13-18-19(22)6-3-7-21(18)24/h2-11,25H,12-13H2,1H3. The van der Waals surface area contributed by atoms with Crippen molar-refractivity contribution in [1.82, 2.24) is 0 Å². The summed E-state index contributed by atoms with van der Waals surface area (Å²) in [6.45, 7) is 2.67. The van der Waals surface area contributed by atoms with E-state index in [0.29, 0.717) is 22.9 Å². The van der Waals surface area contributed by atoms with Crippen LogP contribution in [0.3, 0.4) is 0 Å². The second-order valence-corrected chi connectivity index (χ2v) is 6.77. The number of benzene rings is 3. The van der Waals surface area contributed by atoms with Gasteiger partial charge in [-0.3, -0.25) is 0 Å². The molecule has 3 aromatic carbocycles. The van der Waals surface area contributed by atoms with Crippen molar-refractivity contribution in [2.24, 2.45) is 0 Å². The predicted octanol–water partition coefficient (Wildman–Crippen LogP) is 6.63. The summed E-state index contributed by atoms with van der Waals surface area (Å²) in [5.41, 5.74) is 3.38. The fourth-order valence-electron chi connectivity index (χ4n) is 2.48. The van der Waals surface area contributed by atoms with Gasteiger partial charge >= 0.3 is 0 Å². The number of ether oxygens (including phenoxy) is 1. The van der Waals surface area contributed by atoms with E-state index in [1.165, 1.54) is 6.07 Å². The maximum absolute atomic E-state index is 13.8. The Morgan fingerprint density at radius 2 is 1.77 bits per heavy atom. The molecule has 134 valence electrons. The van der Waals surface area contributed by atoms with Crippen LogP contribution >= 0.6 is 23.2 Å². The normalized spacial score (nSPS) is 10.6. The molecule has 0 saturated heterocycles. The predicted molar refractivity (Wildman–Crippen MR) is 106 cm³/mol. The van der Waals surface area contributed by atoms with E-state index < -0.39 is 0 Å². The van der Waals surface area contributed by atoms with Crippen LogP contribution in [0.15, 0.2) is 60.7 Å². The summed E-state index contributed by atoms with van der Waals surface area (Å²) in [7, 11) is 0. The van der Waals surface area contributed by atoms with Crippen LogP contribution in [0.25, 0.3) is 0 Å². The Balaban J connectivity index is 1.63. The van der Waals surface area contributed by atoms with Gasteiger partial charge in [-0.15, -0.1) is 0 Å². The van der Waals surface area contributed by atoms with Crippen molar-refractivity contribution >= 4 is 28.9 Å². The van der Waals surface area contributed by atoms with E-state index in [4.69, 9.17) is 27.9 Å². The highest BCUT2D eigenvalue weighted by Crippen LogP contribution is 2.23. The smallest absolute Gasteiger partial charge is 0.131 e. The average molecular weight is 390 g/mol. The Morgan fingerprint density at radius 1 is 0.962 bits per heavy atom. The average Bonchev–Trinajstić information content (AvgIpc) is 2.63. The van der Waals surface area contributed by atoms with Gasteiger partial charge in [0.1, 0.15) is 18.2 Å². The molecule has 26 heavy (non-hydrogen) atoms. The van der Waals surface area contributed by atoms with Crippen LogP contribution < -0.4 is 10.1 Å². The summed E-state index contributed by atoms with van der Waals surface area (Å²) in [5.74, 6) is 0.289. The molecule has 0 aliphatic carbocycles. The molecule has 0 radical (unpaired) electrons. The summed E-state index contributed by atoms with van der Waals surface area (Å²) in [6, 6.07) is 18.1. The minimum absolute atomic E-state index is 0.0793. The molecule has 0 saturated carbocycles. The third kappa shape index (κ3) is 4.69. The number of anilines is 1. The van der Waals surface area contributed by atoms with Crippen LogP contribution in [0.2, 0.25) is 10.0 Å². The fraction of sp³-hybridized carbons (Fsp3) is 0.143. The number of rotatable bonds is 6. The molecule has 0 atom stereocenters. The van der Waals surface area contributed by atoms with Crippen LogP contribution in [-0.4, -0.2) is 0 Å². The molecule has 0 spiro atoms. The van der Waals surface area contributed by atoms with E-state index in [9.17, 15) is 4.39 Å². The van der Waals surface area contributed by atoms with E-state index in [0.717, 1.165) is 21.8 Å². The Labute approximate surface area is 162 Å². The van der Waals surface area contributed by atoms with Crippen LogP contribution in [0, 0.1) is 12.7 Å². The highest BCUT2D eigenvalue weighted by molar-refractivity contribution is 6.31. The molecule has 5 heteroatoms. The Bertz CT molecular complexity index is 894. The van der Waals surface area contributed by atoms with Crippen molar-refractivity contribution in [2.45, 2.75) is 20.1 Å². The van der Waals surface area contributed by atoms with Crippen molar-refractivity contribution in [3.05, 3.63) is 93.2 Å². The van der Waals surface area contributed by atoms with Gasteiger partial charge in [-0.2, -0.15) is 0 Å². The maximum Gasteiger partial charge on any atom is 0.131 e. The van der Waals surface area contributed by atoms with Crippen LogP contribution in [0.1, 0.15) is 16.7 Å². The quantitative estimate of drug-likeness (QED) is 0.510. The van der Waals surface area contributed by atoms with E-state index >= 15 is 0 Å². The Morgan fingerprint density at radius 3 is 2.54 bits per heavy atom. The summed E-state index contributed by atoms with van der Waals surface area (Å²) < 4.78 is 19.5. The molecule has 0 fully saturated rings. The summed E-state index contributed by atoms with van der Waals surface area (Å²) in [4.78, 5) is 0. The first-order valence-corrected chi connectivity index (χ1v) is 8.93. The Hall–Kier alpha value is -2.23. The number of nitrogens with one attached hydrogen (secondary N) is 1. The Kier molecular flexibility index (Phi) is 6.02. The third-order valence-corrected chi connectivity index (χ3v) is 4.77. The lowest BCUT2D eigenvalue weighted by atomic mass is 10.2. The third-order valence-electron chi connectivity index (χ3n) is 4.01. The lowest BCUT2D eigenvalue weighted by Crippen LogP contribution is -2.02. The van der Waals surface area contributed by atoms with Gasteiger partial charge in [0.25, 0.3) is 0 Å². The van der Waals surface area contributed by atoms with Gasteiger partial charge in [-0.1, -0.05) is 47.5 Å². The topological polar surface area (TPSA) is 21.3 Å². The molecule has 0 aliphatic rings. The first-order valence-electron chi connectivity index (χ1n) is 8.17. The maximum atomic E-state index is 13.8. The highest BCUT2D eigenvalue weighted by Gasteiger charge is 2.08. The van der Waals surface area contributed by atoms with Gasteiger partial charge in [0.15, 0.2) is 0 Å². The van der Waals surface area contributed by atoms with Crippen molar-refractivity contribution in [1.29, 1.82) is 0 Å². The molecule has 1 N–H and O–H groups in total. The SMILES string of the molecule is Cc1ccc(NCc2cccc(OCc3c(F)cccc3Cl)c2)cc1Cl. The monoisotopic (exact) mass is 389 g/mol. The molecule has 3 aromatic rings. The molecular weight excluding hydrogens is 372 g/mol. The second-order valence-electron chi connectivity index (χ2n) is 5.95. The van der Waals surface area contributed by atoms with E-state index in [-0.39, 0.29) is 12.4 Å². The summed E-state index contributed by atoms with van der Waals surface area (Å²) in [6.07, 6.45) is 0. The highest BCUT2D eigenvalue weighted by atomic mass is 35.5. The zero-order valence-electron chi connectivity index (χ0n) is 14.2. The first kappa shape index (κ1) is 18.6. The lowest BCUT2D eigenvalue weighted by Gasteiger charge is -2.11. The van der Waals surface area contributed by atoms with E-state index in [2.05, 4.69) is 5.32 Å². The fourth-order valence-corrected chi connectivity index (χ4v) is 2.88. The van der Waals surface area contributed by atoms with Gasteiger partial charge in [0.2, 0.25) is 0 Å². The van der Waals surface area contributed by atoms with Crippen LogP contribution in [-0.2, 0) is 13.2 Å². The zero-order chi connectivity index (χ0) is 18.5. The molecule has 3 rings (SSSR count). The molecule has 0 amide bonds. The zero-order valence-corrected chi connectivity index (χ0v) is 15.7. The van der Waals surface area contributed by atoms with Crippen molar-refractivity contribution in [2.75, 3.05) is 5.32 Å². The second kappa shape index (κ2) is 8.43. The number of hydrogen-bond acceptors (Lipinski definition) is 2. The molecule has 0 unspecified atom stereocenters. The number of halogens is 3. The molecule has 0 aliphatic heterocycles. The minimum atomic E-state index is -0.369. The van der Waals surface area contributed by atoms with Gasteiger partial charge in [-0.25, -0.2) is 4.39 Å².